The zero-order valence-electron chi connectivity index (χ0n) is 30.1. The summed E-state index contributed by atoms with van der Waals surface area (Å²) in [6.07, 6.45) is 37.3. The van der Waals surface area contributed by atoms with Crippen LogP contribution < -0.4 is 0 Å². The van der Waals surface area contributed by atoms with Crippen LogP contribution in [-0.2, 0) is 9.53 Å². The molecule has 0 aliphatic rings. The molecule has 0 aromatic heterocycles. The molecule has 0 bridgehead atoms. The van der Waals surface area contributed by atoms with Crippen LogP contribution >= 0.6 is 0 Å². The number of ether oxygens (including phenoxy) is 1. The van der Waals surface area contributed by atoms with Gasteiger partial charge < -0.3 is 4.74 Å². The summed E-state index contributed by atoms with van der Waals surface area (Å²) >= 11 is 0. The first-order valence-corrected chi connectivity index (χ1v) is 19.5. The first-order valence-electron chi connectivity index (χ1n) is 19.5. The van der Waals surface area contributed by atoms with E-state index in [1.807, 2.05) is 0 Å². The van der Waals surface area contributed by atoms with Crippen molar-refractivity contribution in [1.82, 2.24) is 0 Å². The number of hydrogen-bond donors (Lipinski definition) is 0. The lowest BCUT2D eigenvalue weighted by molar-refractivity contribution is -0.144. The van der Waals surface area contributed by atoms with E-state index in [9.17, 15) is 4.79 Å². The number of unbranched alkanes of at least 4 members (excludes halogenated alkanes) is 16. The molecule has 0 aliphatic heterocycles. The second-order valence-corrected chi connectivity index (χ2v) is 14.9. The summed E-state index contributed by atoms with van der Waals surface area (Å²) in [5.41, 5.74) is 0. The molecule has 252 valence electrons. The smallest absolute Gasteiger partial charge is 0.305 e. The van der Waals surface area contributed by atoms with Gasteiger partial charge in [-0.25, -0.2) is 0 Å². The van der Waals surface area contributed by atoms with Gasteiger partial charge in [0.15, 0.2) is 0 Å². The Morgan fingerprint density at radius 1 is 0.429 bits per heavy atom. The van der Waals surface area contributed by atoms with Gasteiger partial charge in [0.05, 0.1) is 6.61 Å². The lowest BCUT2D eigenvalue weighted by Gasteiger charge is -2.16. The van der Waals surface area contributed by atoms with Crippen molar-refractivity contribution >= 4 is 5.97 Å². The highest BCUT2D eigenvalue weighted by Crippen LogP contribution is 2.23. The minimum Gasteiger partial charge on any atom is -0.466 e. The molecule has 0 saturated carbocycles. The monoisotopic (exact) mass is 593 g/mol. The molecule has 3 unspecified atom stereocenters. The Kier molecular flexibility index (Phi) is 31.5. The van der Waals surface area contributed by atoms with E-state index in [4.69, 9.17) is 4.74 Å². The van der Waals surface area contributed by atoms with Gasteiger partial charge in [0.1, 0.15) is 0 Å². The van der Waals surface area contributed by atoms with Crippen molar-refractivity contribution in [1.29, 1.82) is 0 Å². The molecule has 0 radical (unpaired) electrons. The maximum absolute atomic E-state index is 12.1. The standard InChI is InChI=1S/C40H80O2/c1-7-8-9-10-11-12-13-14-15-16-17-18-19-20-21-22-23-33-40(41)42-35-34-39(6)32-26-31-38(5)30-25-29-37(4)28-24-27-36(2)3/h36-39H,7-35H2,1-6H3. The predicted octanol–water partition coefficient (Wildman–Crippen LogP) is 14.0. The SMILES string of the molecule is CCCCCCCCCCCCCCCCCCCC(=O)OCCC(C)CCCC(C)CCCC(C)CCCC(C)C. The quantitative estimate of drug-likeness (QED) is 0.0559. The molecular weight excluding hydrogens is 512 g/mol. The molecule has 42 heavy (non-hydrogen) atoms. The summed E-state index contributed by atoms with van der Waals surface area (Å²) in [5, 5.41) is 0. The van der Waals surface area contributed by atoms with Crippen LogP contribution in [0.1, 0.15) is 221 Å². The Hall–Kier alpha value is -0.530. The Labute approximate surface area is 266 Å². The third kappa shape index (κ3) is 32.4. The average Bonchev–Trinajstić information content (AvgIpc) is 2.94. The van der Waals surface area contributed by atoms with Crippen molar-refractivity contribution in [2.24, 2.45) is 23.7 Å². The highest BCUT2D eigenvalue weighted by Gasteiger charge is 2.09. The fourth-order valence-corrected chi connectivity index (χ4v) is 6.38. The van der Waals surface area contributed by atoms with Crippen LogP contribution in [0.5, 0.6) is 0 Å². The van der Waals surface area contributed by atoms with E-state index in [1.54, 1.807) is 0 Å². The summed E-state index contributed by atoms with van der Waals surface area (Å²) in [6, 6.07) is 0. The van der Waals surface area contributed by atoms with Crippen molar-refractivity contribution in [2.75, 3.05) is 6.61 Å². The highest BCUT2D eigenvalue weighted by molar-refractivity contribution is 5.69. The van der Waals surface area contributed by atoms with E-state index < -0.39 is 0 Å². The van der Waals surface area contributed by atoms with Gasteiger partial charge in [-0.15, -0.1) is 0 Å². The summed E-state index contributed by atoms with van der Waals surface area (Å²) in [4.78, 5) is 12.1. The molecule has 3 atom stereocenters. The van der Waals surface area contributed by atoms with Gasteiger partial charge in [0, 0.05) is 6.42 Å². The van der Waals surface area contributed by atoms with E-state index in [-0.39, 0.29) is 5.97 Å². The van der Waals surface area contributed by atoms with Crippen LogP contribution in [0.15, 0.2) is 0 Å². The molecule has 0 aliphatic carbocycles. The second kappa shape index (κ2) is 31.9. The van der Waals surface area contributed by atoms with Crippen molar-refractivity contribution < 1.29 is 9.53 Å². The first kappa shape index (κ1) is 41.5. The minimum atomic E-state index is 0.0233. The van der Waals surface area contributed by atoms with Crippen LogP contribution in [-0.4, -0.2) is 12.6 Å². The van der Waals surface area contributed by atoms with Gasteiger partial charge in [-0.2, -0.15) is 0 Å². The lowest BCUT2D eigenvalue weighted by atomic mass is 9.91. The zero-order valence-corrected chi connectivity index (χ0v) is 30.1. The topological polar surface area (TPSA) is 26.3 Å². The summed E-state index contributed by atoms with van der Waals surface area (Å²) in [7, 11) is 0. The van der Waals surface area contributed by atoms with Crippen LogP contribution in [0.4, 0.5) is 0 Å². The third-order valence-corrected chi connectivity index (χ3v) is 9.62. The molecule has 0 aromatic rings. The van der Waals surface area contributed by atoms with E-state index >= 15 is 0 Å². The fraction of sp³-hybridized carbons (Fsp3) is 0.975. The van der Waals surface area contributed by atoms with E-state index in [0.29, 0.717) is 18.9 Å². The van der Waals surface area contributed by atoms with Gasteiger partial charge in [-0.3, -0.25) is 4.79 Å². The highest BCUT2D eigenvalue weighted by atomic mass is 16.5. The van der Waals surface area contributed by atoms with Crippen LogP contribution in [0.3, 0.4) is 0 Å². The molecule has 0 aromatic carbocycles. The van der Waals surface area contributed by atoms with Crippen molar-refractivity contribution in [2.45, 2.75) is 221 Å². The summed E-state index contributed by atoms with van der Waals surface area (Å²) < 4.78 is 5.55. The Bertz CT molecular complexity index is 542. The van der Waals surface area contributed by atoms with E-state index in [0.717, 1.165) is 30.6 Å². The van der Waals surface area contributed by atoms with Gasteiger partial charge in [0.2, 0.25) is 0 Å². The number of hydrogen-bond acceptors (Lipinski definition) is 2. The first-order chi connectivity index (χ1) is 20.3. The van der Waals surface area contributed by atoms with Gasteiger partial charge in [-0.05, 0) is 36.5 Å². The van der Waals surface area contributed by atoms with Crippen LogP contribution in [0, 0.1) is 23.7 Å². The Morgan fingerprint density at radius 3 is 1.14 bits per heavy atom. The van der Waals surface area contributed by atoms with Gasteiger partial charge in [0.25, 0.3) is 0 Å². The summed E-state index contributed by atoms with van der Waals surface area (Å²) in [5.74, 6) is 3.28. The predicted molar refractivity (Wildman–Crippen MR) is 188 cm³/mol. The number of carbonyl (C=O) groups is 1. The number of esters is 1. The van der Waals surface area contributed by atoms with E-state index in [2.05, 4.69) is 41.5 Å². The second-order valence-electron chi connectivity index (χ2n) is 14.9. The molecule has 0 amide bonds. The lowest BCUT2D eigenvalue weighted by Crippen LogP contribution is -2.09. The van der Waals surface area contributed by atoms with E-state index in [1.165, 1.54) is 161 Å². The molecule has 0 saturated heterocycles. The molecule has 0 heterocycles. The van der Waals surface area contributed by atoms with Gasteiger partial charge >= 0.3 is 5.97 Å². The molecule has 2 nitrogen and oxygen atoms in total. The van der Waals surface area contributed by atoms with Gasteiger partial charge in [-0.1, -0.05) is 202 Å². The maximum atomic E-state index is 12.1. The molecule has 0 rings (SSSR count). The van der Waals surface area contributed by atoms with Crippen LogP contribution in [0.2, 0.25) is 0 Å². The average molecular weight is 593 g/mol. The molecule has 0 fully saturated rings. The third-order valence-electron chi connectivity index (χ3n) is 9.62. The minimum absolute atomic E-state index is 0.0233. The van der Waals surface area contributed by atoms with Crippen LogP contribution in [0.25, 0.3) is 0 Å². The Morgan fingerprint density at radius 2 is 0.762 bits per heavy atom. The molecular formula is C40H80O2. The van der Waals surface area contributed by atoms with Crippen molar-refractivity contribution in [3.05, 3.63) is 0 Å². The molecule has 0 spiro atoms. The molecule has 0 N–H and O–H groups in total. The largest absolute Gasteiger partial charge is 0.466 e. The maximum Gasteiger partial charge on any atom is 0.305 e. The number of rotatable bonds is 33. The van der Waals surface area contributed by atoms with Crippen molar-refractivity contribution in [3.8, 4) is 0 Å². The fourth-order valence-electron chi connectivity index (χ4n) is 6.38. The van der Waals surface area contributed by atoms with Crippen molar-refractivity contribution in [3.63, 3.8) is 0 Å². The zero-order chi connectivity index (χ0) is 31.1. The number of carbonyl (C=O) groups excluding carboxylic acids is 1. The summed E-state index contributed by atoms with van der Waals surface area (Å²) in [6.45, 7) is 14.8. The normalized spacial score (nSPS) is 13.9. The Balaban J connectivity index is 3.42. The molecule has 2 heteroatoms.